The molecule has 0 aromatic rings. The maximum Gasteiger partial charge on any atom is 0.237 e. The van der Waals surface area contributed by atoms with Crippen LogP contribution in [0.2, 0.25) is 0 Å². The molecule has 3 atom stereocenters. The fourth-order valence-electron chi connectivity index (χ4n) is 1.48. The smallest absolute Gasteiger partial charge is 0.237 e. The molecule has 92 valence electrons. The third-order valence-corrected chi connectivity index (χ3v) is 2.90. The van der Waals surface area contributed by atoms with Gasteiger partial charge in [0.15, 0.2) is 0 Å². The molecule has 0 radical (unpaired) electrons. The zero-order chi connectivity index (χ0) is 12.7. The summed E-state index contributed by atoms with van der Waals surface area (Å²) in [7, 11) is 1.79. The van der Waals surface area contributed by atoms with E-state index in [2.05, 4.69) is 18.3 Å². The molecule has 0 aliphatic heterocycles. The van der Waals surface area contributed by atoms with Crippen molar-refractivity contribution in [1.82, 2.24) is 10.2 Å². The van der Waals surface area contributed by atoms with Crippen molar-refractivity contribution in [3.63, 3.8) is 0 Å². The molecule has 0 aliphatic carbocycles. The standard InChI is InChI=1S/C12H23N3O/c1-6-7-9(2)14-12(16)11(4)15(5)10(3)8-13/h9-11H,6-7H2,1-5H3,(H,14,16). The fraction of sp³-hybridized carbons (Fsp3) is 0.833. The van der Waals surface area contributed by atoms with Gasteiger partial charge in [-0.2, -0.15) is 5.26 Å². The van der Waals surface area contributed by atoms with Crippen LogP contribution in [0.25, 0.3) is 0 Å². The van der Waals surface area contributed by atoms with Gasteiger partial charge in [0.25, 0.3) is 0 Å². The molecule has 1 amide bonds. The van der Waals surface area contributed by atoms with E-state index in [4.69, 9.17) is 5.26 Å². The van der Waals surface area contributed by atoms with E-state index < -0.39 is 0 Å². The lowest BCUT2D eigenvalue weighted by atomic mass is 10.1. The molecular formula is C12H23N3O. The average molecular weight is 225 g/mol. The lowest BCUT2D eigenvalue weighted by Gasteiger charge is -2.27. The maximum atomic E-state index is 11.8. The summed E-state index contributed by atoms with van der Waals surface area (Å²) >= 11 is 0. The summed E-state index contributed by atoms with van der Waals surface area (Å²) in [6, 6.07) is 1.81. The molecule has 0 aliphatic rings. The van der Waals surface area contributed by atoms with Crippen LogP contribution >= 0.6 is 0 Å². The van der Waals surface area contributed by atoms with Crippen molar-refractivity contribution in [2.24, 2.45) is 0 Å². The zero-order valence-corrected chi connectivity index (χ0v) is 10.9. The molecule has 0 aromatic carbocycles. The predicted molar refractivity (Wildman–Crippen MR) is 64.8 cm³/mol. The minimum atomic E-state index is -0.269. The van der Waals surface area contributed by atoms with Crippen LogP contribution < -0.4 is 5.32 Å². The number of hydrogen-bond donors (Lipinski definition) is 1. The van der Waals surface area contributed by atoms with E-state index in [1.165, 1.54) is 0 Å². The maximum absolute atomic E-state index is 11.8. The molecule has 0 spiro atoms. The van der Waals surface area contributed by atoms with E-state index in [9.17, 15) is 4.79 Å². The first kappa shape index (κ1) is 14.9. The van der Waals surface area contributed by atoms with E-state index in [1.807, 2.05) is 13.8 Å². The van der Waals surface area contributed by atoms with Crippen LogP contribution in [0.5, 0.6) is 0 Å². The molecule has 0 fully saturated rings. The molecule has 0 saturated heterocycles. The Balaban J connectivity index is 4.23. The molecular weight excluding hydrogens is 202 g/mol. The van der Waals surface area contributed by atoms with Gasteiger partial charge in [-0.05, 0) is 34.2 Å². The quantitative estimate of drug-likeness (QED) is 0.745. The summed E-state index contributed by atoms with van der Waals surface area (Å²) in [5, 5.41) is 11.7. The Morgan fingerprint density at radius 1 is 1.44 bits per heavy atom. The minimum Gasteiger partial charge on any atom is -0.352 e. The van der Waals surface area contributed by atoms with Gasteiger partial charge in [-0.3, -0.25) is 9.69 Å². The Bertz CT molecular complexity index is 259. The van der Waals surface area contributed by atoms with Crippen LogP contribution in [0.3, 0.4) is 0 Å². The van der Waals surface area contributed by atoms with E-state index >= 15 is 0 Å². The van der Waals surface area contributed by atoms with Crippen molar-refractivity contribution < 1.29 is 4.79 Å². The van der Waals surface area contributed by atoms with Crippen molar-refractivity contribution in [2.45, 2.75) is 58.7 Å². The predicted octanol–water partition coefficient (Wildman–Crippen LogP) is 1.52. The first-order valence-corrected chi connectivity index (χ1v) is 5.85. The van der Waals surface area contributed by atoms with Crippen LogP contribution in [-0.2, 0) is 4.79 Å². The lowest BCUT2D eigenvalue weighted by Crippen LogP contribution is -2.48. The van der Waals surface area contributed by atoms with Crippen molar-refractivity contribution in [3.8, 4) is 6.07 Å². The molecule has 0 heterocycles. The summed E-state index contributed by atoms with van der Waals surface area (Å²) in [5.74, 6) is -0.00875. The van der Waals surface area contributed by atoms with Crippen LogP contribution in [0, 0.1) is 11.3 Å². The van der Waals surface area contributed by atoms with Crippen molar-refractivity contribution >= 4 is 5.91 Å². The van der Waals surface area contributed by atoms with Gasteiger partial charge in [0.05, 0.1) is 18.2 Å². The Kier molecular flexibility index (Phi) is 6.75. The number of nitriles is 1. The Hall–Kier alpha value is -1.08. The highest BCUT2D eigenvalue weighted by Crippen LogP contribution is 2.03. The van der Waals surface area contributed by atoms with Crippen LogP contribution in [-0.4, -0.2) is 36.0 Å². The van der Waals surface area contributed by atoms with Gasteiger partial charge in [0.2, 0.25) is 5.91 Å². The van der Waals surface area contributed by atoms with Gasteiger partial charge in [-0.15, -0.1) is 0 Å². The number of hydrogen-bond acceptors (Lipinski definition) is 3. The zero-order valence-electron chi connectivity index (χ0n) is 10.9. The molecule has 0 aromatic heterocycles. The van der Waals surface area contributed by atoms with Gasteiger partial charge < -0.3 is 5.32 Å². The highest BCUT2D eigenvalue weighted by Gasteiger charge is 2.22. The van der Waals surface area contributed by atoms with Gasteiger partial charge in [0, 0.05) is 6.04 Å². The van der Waals surface area contributed by atoms with Gasteiger partial charge in [-0.1, -0.05) is 13.3 Å². The van der Waals surface area contributed by atoms with E-state index in [1.54, 1.807) is 18.9 Å². The van der Waals surface area contributed by atoms with Crippen molar-refractivity contribution in [1.29, 1.82) is 5.26 Å². The molecule has 1 N–H and O–H groups in total. The van der Waals surface area contributed by atoms with Crippen molar-refractivity contribution in [3.05, 3.63) is 0 Å². The highest BCUT2D eigenvalue weighted by atomic mass is 16.2. The second-order valence-electron chi connectivity index (χ2n) is 4.34. The van der Waals surface area contributed by atoms with E-state index in [0.717, 1.165) is 12.8 Å². The second kappa shape index (κ2) is 7.24. The molecule has 0 rings (SSSR count). The summed E-state index contributed by atoms with van der Waals surface area (Å²) in [4.78, 5) is 13.6. The third kappa shape index (κ3) is 4.63. The molecule has 0 saturated carbocycles. The SMILES string of the molecule is CCCC(C)NC(=O)C(C)N(C)C(C)C#N. The summed E-state index contributed by atoms with van der Waals surface area (Å²) < 4.78 is 0. The average Bonchev–Trinajstić information content (AvgIpc) is 2.26. The number of carbonyl (C=O) groups is 1. The largest absolute Gasteiger partial charge is 0.352 e. The van der Waals surface area contributed by atoms with Crippen LogP contribution in [0.4, 0.5) is 0 Å². The first-order chi connectivity index (χ1) is 7.43. The van der Waals surface area contributed by atoms with Gasteiger partial charge >= 0.3 is 0 Å². The summed E-state index contributed by atoms with van der Waals surface area (Å²) in [6.07, 6.45) is 2.04. The number of nitrogens with one attached hydrogen (secondary N) is 1. The van der Waals surface area contributed by atoms with Gasteiger partial charge in [0.1, 0.15) is 0 Å². The lowest BCUT2D eigenvalue weighted by molar-refractivity contribution is -0.126. The van der Waals surface area contributed by atoms with E-state index in [-0.39, 0.29) is 24.0 Å². The normalized spacial score (nSPS) is 16.3. The molecule has 3 unspecified atom stereocenters. The van der Waals surface area contributed by atoms with Crippen LogP contribution in [0.1, 0.15) is 40.5 Å². The topological polar surface area (TPSA) is 56.1 Å². The molecule has 4 nitrogen and oxygen atoms in total. The van der Waals surface area contributed by atoms with Crippen molar-refractivity contribution in [2.75, 3.05) is 7.05 Å². The number of rotatable bonds is 6. The summed E-state index contributed by atoms with van der Waals surface area (Å²) in [5.41, 5.74) is 0. The summed E-state index contributed by atoms with van der Waals surface area (Å²) in [6.45, 7) is 7.71. The van der Waals surface area contributed by atoms with E-state index in [0.29, 0.717) is 0 Å². The Morgan fingerprint density at radius 2 is 2.00 bits per heavy atom. The van der Waals surface area contributed by atoms with Crippen LogP contribution in [0.15, 0.2) is 0 Å². The molecule has 4 heteroatoms. The number of carbonyl (C=O) groups excluding carboxylic acids is 1. The molecule has 0 bridgehead atoms. The second-order valence-corrected chi connectivity index (χ2v) is 4.34. The Morgan fingerprint density at radius 3 is 2.44 bits per heavy atom. The fourth-order valence-corrected chi connectivity index (χ4v) is 1.48. The minimum absolute atomic E-state index is 0.00875. The third-order valence-electron chi connectivity index (χ3n) is 2.90. The monoisotopic (exact) mass is 225 g/mol. The number of amides is 1. The highest BCUT2D eigenvalue weighted by molar-refractivity contribution is 5.81. The van der Waals surface area contributed by atoms with Gasteiger partial charge in [-0.25, -0.2) is 0 Å². The number of likely N-dealkylation sites (N-methyl/N-ethyl adjacent to an activating group) is 1. The molecule has 16 heavy (non-hydrogen) atoms. The first-order valence-electron chi connectivity index (χ1n) is 5.85. The Labute approximate surface area is 98.6 Å². The number of nitrogens with zero attached hydrogens (tertiary/aromatic N) is 2.